The van der Waals surface area contributed by atoms with Crippen LogP contribution in [0.1, 0.15) is 274 Å². The Morgan fingerprint density at radius 3 is 1.31 bits per heavy atom. The third-order valence-electron chi connectivity index (χ3n) is 13.3. The van der Waals surface area contributed by atoms with Crippen LogP contribution >= 0.6 is 11.3 Å². The second kappa shape index (κ2) is 45.1. The predicted molar refractivity (Wildman–Crippen MR) is 321 cm³/mol. The van der Waals surface area contributed by atoms with Gasteiger partial charge < -0.3 is 15.0 Å². The zero-order valence-electron chi connectivity index (χ0n) is 48.5. The Kier molecular flexibility index (Phi) is 39.4. The van der Waals surface area contributed by atoms with Crippen molar-refractivity contribution in [1.82, 2.24) is 9.80 Å². The number of amides is 4. The fourth-order valence-corrected chi connectivity index (χ4v) is 10.4. The highest BCUT2D eigenvalue weighted by Crippen LogP contribution is 2.39. The summed E-state index contributed by atoms with van der Waals surface area (Å²) in [5.41, 5.74) is 0.348. The second-order valence-electron chi connectivity index (χ2n) is 21.1. The van der Waals surface area contributed by atoms with Crippen LogP contribution < -0.4 is 5.32 Å². The summed E-state index contributed by atoms with van der Waals surface area (Å²) in [6.45, 7) is 12.5. The number of rotatable bonds is 36. The van der Waals surface area contributed by atoms with Crippen LogP contribution in [0.15, 0.2) is 0 Å². The van der Waals surface area contributed by atoms with Gasteiger partial charge in [-0.2, -0.15) is 0 Å². The molecular weight excluding hydrogens is 971 g/mol. The highest BCUT2D eigenvalue weighted by molar-refractivity contribution is 7.17. The fraction of sp³-hybridized carbons (Fsp3) is 0.647. The molecule has 0 unspecified atom stereocenters. The molecule has 1 aliphatic rings. The first-order chi connectivity index (χ1) is 37.5. The molecule has 1 N–H and O–H groups in total. The van der Waals surface area contributed by atoms with E-state index in [1.54, 1.807) is 11.8 Å². The number of imide groups is 1. The Balaban J connectivity index is 2.16. The predicted octanol–water partition coefficient (Wildman–Crippen LogP) is 15.9. The minimum atomic E-state index is -0.682. The molecule has 0 saturated heterocycles. The summed E-state index contributed by atoms with van der Waals surface area (Å²) in [7, 11) is 0. The maximum atomic E-state index is 14.9. The van der Waals surface area contributed by atoms with Crippen LogP contribution in [0.4, 0.5) is 9.80 Å². The number of hydrogen-bond acceptors (Lipinski definition) is 6. The number of carbonyl (C=O) groups is 4. The minimum Gasteiger partial charge on any atom is -0.444 e. The first kappa shape index (κ1) is 67.2. The van der Waals surface area contributed by atoms with Crippen molar-refractivity contribution >= 4 is 40.2 Å². The van der Waals surface area contributed by atoms with Crippen molar-refractivity contribution in [1.29, 1.82) is 0 Å². The van der Waals surface area contributed by atoms with Gasteiger partial charge >= 0.3 is 12.0 Å². The van der Waals surface area contributed by atoms with Crippen LogP contribution in [0, 0.1) is 94.7 Å². The summed E-state index contributed by atoms with van der Waals surface area (Å²) < 4.78 is 5.70. The molecule has 1 aromatic rings. The molecule has 0 saturated carbocycles. The van der Waals surface area contributed by atoms with Gasteiger partial charge in [-0.05, 0) is 135 Å². The minimum absolute atomic E-state index is 0.185. The number of anilines is 1. The van der Waals surface area contributed by atoms with Crippen LogP contribution in [0.5, 0.6) is 0 Å². The Hall–Kier alpha value is -5.94. The number of fused-ring (bicyclic) bond motifs is 1. The van der Waals surface area contributed by atoms with Crippen LogP contribution in [0.3, 0.4) is 0 Å². The molecule has 0 spiro atoms. The van der Waals surface area contributed by atoms with E-state index in [4.69, 9.17) is 4.74 Å². The van der Waals surface area contributed by atoms with E-state index in [0.717, 1.165) is 55.4 Å². The molecule has 0 aliphatic carbocycles. The first-order valence-electron chi connectivity index (χ1n) is 29.7. The first-order valence-corrected chi connectivity index (χ1v) is 30.5. The lowest BCUT2D eigenvalue weighted by atomic mass is 10.0. The van der Waals surface area contributed by atoms with E-state index >= 15 is 0 Å². The highest BCUT2D eigenvalue weighted by Gasteiger charge is 2.35. The largest absolute Gasteiger partial charge is 0.444 e. The molecule has 4 amide bonds. The van der Waals surface area contributed by atoms with Crippen LogP contribution in [-0.4, -0.2) is 52.3 Å². The highest BCUT2D eigenvalue weighted by atomic mass is 32.1. The van der Waals surface area contributed by atoms with Gasteiger partial charge in [0.05, 0.1) is 12.1 Å². The molecule has 0 aromatic carbocycles. The Bertz CT molecular complexity index is 2450. The molecule has 9 heteroatoms. The zero-order valence-corrected chi connectivity index (χ0v) is 49.3. The zero-order chi connectivity index (χ0) is 55.9. The molecular formula is C68H93N3O5S. The van der Waals surface area contributed by atoms with E-state index in [1.165, 1.54) is 170 Å². The lowest BCUT2D eigenvalue weighted by Crippen LogP contribution is -2.41. The molecule has 416 valence electrons. The van der Waals surface area contributed by atoms with Crippen LogP contribution in [0.25, 0.3) is 0 Å². The van der Waals surface area contributed by atoms with Gasteiger partial charge in [-0.25, -0.2) is 4.79 Å². The van der Waals surface area contributed by atoms with E-state index in [-0.39, 0.29) is 18.9 Å². The summed E-state index contributed by atoms with van der Waals surface area (Å²) in [5.74, 6) is 39.6. The molecule has 2 heterocycles. The van der Waals surface area contributed by atoms with Crippen molar-refractivity contribution in [3.8, 4) is 94.7 Å². The smallest absolute Gasteiger partial charge is 0.410 e. The van der Waals surface area contributed by atoms with Gasteiger partial charge in [-0.15, -0.1) is 11.3 Å². The molecule has 0 atom stereocenters. The average molecular weight is 1060 g/mol. The molecule has 1 aromatic heterocycles. The molecule has 77 heavy (non-hydrogen) atoms. The quantitative estimate of drug-likeness (QED) is 0.0533. The molecule has 0 bridgehead atoms. The van der Waals surface area contributed by atoms with E-state index in [0.29, 0.717) is 36.5 Å². The van der Waals surface area contributed by atoms with Crippen LogP contribution in [0.2, 0.25) is 0 Å². The summed E-state index contributed by atoms with van der Waals surface area (Å²) in [6.07, 6.45) is 39.8. The summed E-state index contributed by atoms with van der Waals surface area (Å²) in [4.78, 5) is 59.6. The van der Waals surface area contributed by atoms with Crippen LogP contribution in [-0.2, 0) is 27.3 Å². The molecule has 0 radical (unpaired) electrons. The number of unbranched alkanes of at least 4 members (excludes halogenated alkanes) is 30. The number of ether oxygens (including phenoxy) is 1. The third-order valence-corrected chi connectivity index (χ3v) is 14.4. The van der Waals surface area contributed by atoms with Gasteiger partial charge in [0.25, 0.3) is 5.91 Å². The van der Waals surface area contributed by atoms with Gasteiger partial charge in [-0.1, -0.05) is 212 Å². The monoisotopic (exact) mass is 1060 g/mol. The van der Waals surface area contributed by atoms with Crippen molar-refractivity contribution < 1.29 is 23.9 Å². The van der Waals surface area contributed by atoms with Crippen molar-refractivity contribution in [2.24, 2.45) is 0 Å². The van der Waals surface area contributed by atoms with E-state index in [2.05, 4.69) is 114 Å². The topological polar surface area (TPSA) is 96.0 Å². The van der Waals surface area contributed by atoms with Crippen molar-refractivity contribution in [3.63, 3.8) is 0 Å². The Morgan fingerprint density at radius 1 is 0.532 bits per heavy atom. The number of nitrogens with one attached hydrogen (secondary N) is 1. The van der Waals surface area contributed by atoms with Gasteiger partial charge in [0.2, 0.25) is 5.91 Å². The van der Waals surface area contributed by atoms with Crippen molar-refractivity contribution in [2.45, 2.75) is 272 Å². The van der Waals surface area contributed by atoms with E-state index < -0.39 is 23.5 Å². The van der Waals surface area contributed by atoms with E-state index in [9.17, 15) is 19.2 Å². The molecule has 8 nitrogen and oxygen atoms in total. The SMILES string of the molecule is CC#CC#CC#CC#CC#CC#CC#CC#CC(=O)Nc1sc2c(c1C(=O)N(CCCCCCCCCCCCCCCCCC)C(=O)CCCCCCCCCCCCCCCCCC)CCN(C(=O)OC(C)(C)C)C2. The Morgan fingerprint density at radius 2 is 0.909 bits per heavy atom. The number of hydrogen-bond donors (Lipinski definition) is 1. The summed E-state index contributed by atoms with van der Waals surface area (Å²) in [6, 6.07) is 0. The van der Waals surface area contributed by atoms with Gasteiger partial charge in [0, 0.05) is 30.3 Å². The van der Waals surface area contributed by atoms with Gasteiger partial charge in [0.15, 0.2) is 0 Å². The van der Waals surface area contributed by atoms with Crippen molar-refractivity contribution in [3.05, 3.63) is 16.0 Å². The molecule has 0 fully saturated rings. The lowest BCUT2D eigenvalue weighted by molar-refractivity contribution is -0.128. The number of thiophene rings is 1. The fourth-order valence-electron chi connectivity index (χ4n) is 9.11. The number of nitrogens with zero attached hydrogens (tertiary/aromatic N) is 2. The molecule has 1 aliphatic heterocycles. The average Bonchev–Trinajstić information content (AvgIpc) is 3.77. The second-order valence-corrected chi connectivity index (χ2v) is 22.3. The normalized spacial score (nSPS) is 10.9. The van der Waals surface area contributed by atoms with Gasteiger partial charge in [-0.3, -0.25) is 19.3 Å². The van der Waals surface area contributed by atoms with Crippen molar-refractivity contribution in [2.75, 3.05) is 18.4 Å². The number of carbonyl (C=O) groups excluding carboxylic acids is 4. The molecule has 2 rings (SSSR count). The lowest BCUT2D eigenvalue weighted by Gasteiger charge is -2.30. The summed E-state index contributed by atoms with van der Waals surface area (Å²) in [5, 5.41) is 3.14. The standard InChI is InChI=1S/C68H93N3O5S/c1-7-10-13-16-19-22-25-28-31-34-37-40-43-46-49-52-55-63(73)71(57-53-50-47-44-41-38-35-32-29-26-23-20-17-14-11-8-2)66(74)64-60-56-58-70(67(75)76-68(4,5)6)59-61(60)77-65(64)69-62(72)54-51-48-45-42-39-36-33-30-27-24-21-18-15-12-9-3/h7-8,10-11,13-14,16-17,19-20,22-23,25-26,28-29,31-32,34-35,37-38,40-41,43-44,46-47,49-50,52-53,55-59H2,1-6H3,(H,69,72). The third kappa shape index (κ3) is 34.4. The summed E-state index contributed by atoms with van der Waals surface area (Å²) >= 11 is 1.23. The maximum absolute atomic E-state index is 14.9. The van der Waals surface area contributed by atoms with Gasteiger partial charge in [0.1, 0.15) is 10.6 Å². The Labute approximate surface area is 472 Å². The van der Waals surface area contributed by atoms with E-state index in [1.807, 2.05) is 20.8 Å². The maximum Gasteiger partial charge on any atom is 0.410 e.